The maximum Gasteiger partial charge on any atom is 0.254 e. The molecule has 1 heterocycles. The fourth-order valence-electron chi connectivity index (χ4n) is 2.38. The van der Waals surface area contributed by atoms with Crippen LogP contribution in [0.25, 0.3) is 0 Å². The second-order valence-electron chi connectivity index (χ2n) is 4.78. The third-order valence-electron chi connectivity index (χ3n) is 3.42. The van der Waals surface area contributed by atoms with E-state index in [4.69, 9.17) is 11.6 Å². The summed E-state index contributed by atoms with van der Waals surface area (Å²) in [6, 6.07) is 4.92. The first kappa shape index (κ1) is 16.0. The lowest BCUT2D eigenvalue weighted by Crippen LogP contribution is -2.41. The minimum absolute atomic E-state index is 0.0602. The van der Waals surface area contributed by atoms with E-state index in [0.717, 1.165) is 3.57 Å². The van der Waals surface area contributed by atoms with Crippen LogP contribution in [0.1, 0.15) is 23.7 Å². The summed E-state index contributed by atoms with van der Waals surface area (Å²) in [5.74, 6) is 0.0624. The highest BCUT2D eigenvalue weighted by Crippen LogP contribution is 2.23. The molecular weight excluding hydrogens is 413 g/mol. The predicted molar refractivity (Wildman–Crippen MR) is 87.9 cm³/mol. The quantitative estimate of drug-likeness (QED) is 0.697. The molecule has 0 bridgehead atoms. The monoisotopic (exact) mass is 427 g/mol. The lowest BCUT2D eigenvalue weighted by atomic mass is 10.1. The molecule has 0 spiro atoms. The fraction of sp³-hybridized carbons (Fsp3) is 0.462. The van der Waals surface area contributed by atoms with Crippen LogP contribution in [-0.4, -0.2) is 43.3 Å². The Morgan fingerprint density at radius 3 is 2.70 bits per heavy atom. The Bertz CT molecular complexity index is 633. The van der Waals surface area contributed by atoms with E-state index in [9.17, 15) is 13.2 Å². The maximum atomic E-state index is 12.5. The lowest BCUT2D eigenvalue weighted by molar-refractivity contribution is 0.0708. The van der Waals surface area contributed by atoms with E-state index in [1.807, 2.05) is 6.92 Å². The van der Waals surface area contributed by atoms with Gasteiger partial charge in [-0.15, -0.1) is 0 Å². The molecule has 1 aromatic rings. The van der Waals surface area contributed by atoms with Crippen molar-refractivity contribution in [1.29, 1.82) is 0 Å². The van der Waals surface area contributed by atoms with Crippen molar-refractivity contribution in [2.45, 2.75) is 19.4 Å². The lowest BCUT2D eigenvalue weighted by Gasteiger charge is -2.27. The van der Waals surface area contributed by atoms with Crippen LogP contribution >= 0.6 is 34.2 Å². The Hall–Kier alpha value is -0.340. The second kappa shape index (κ2) is 6.19. The Labute approximate surface area is 137 Å². The highest BCUT2D eigenvalue weighted by atomic mass is 127. The number of hydrogen-bond donors (Lipinski definition) is 0. The third kappa shape index (κ3) is 3.46. The molecule has 2 rings (SSSR count). The van der Waals surface area contributed by atoms with Crippen LogP contribution in [0.5, 0.6) is 0 Å². The highest BCUT2D eigenvalue weighted by Gasteiger charge is 2.34. The topological polar surface area (TPSA) is 54.5 Å². The molecule has 1 unspecified atom stereocenters. The number of carbonyl (C=O) groups excluding carboxylic acids is 1. The number of rotatable bonds is 3. The summed E-state index contributed by atoms with van der Waals surface area (Å²) in [4.78, 5) is 14.1. The first-order chi connectivity index (χ1) is 9.34. The Morgan fingerprint density at radius 2 is 2.20 bits per heavy atom. The van der Waals surface area contributed by atoms with Gasteiger partial charge in [0.05, 0.1) is 16.5 Å². The molecule has 1 atom stereocenters. The average Bonchev–Trinajstić information content (AvgIpc) is 2.74. The first-order valence-corrected chi connectivity index (χ1v) is 9.58. The summed E-state index contributed by atoms with van der Waals surface area (Å²) in [5.41, 5.74) is 0.501. The number of nitrogens with zero attached hydrogens (tertiary/aromatic N) is 1. The van der Waals surface area contributed by atoms with Crippen LogP contribution in [0.4, 0.5) is 0 Å². The van der Waals surface area contributed by atoms with Gasteiger partial charge in [0.2, 0.25) is 0 Å². The van der Waals surface area contributed by atoms with Crippen LogP contribution in [0.2, 0.25) is 5.02 Å². The van der Waals surface area contributed by atoms with E-state index in [1.165, 1.54) is 0 Å². The molecule has 1 saturated heterocycles. The Kier molecular flexibility index (Phi) is 4.96. The molecule has 4 nitrogen and oxygen atoms in total. The fourth-order valence-corrected chi connectivity index (χ4v) is 4.63. The summed E-state index contributed by atoms with van der Waals surface area (Å²) >= 11 is 8.13. The van der Waals surface area contributed by atoms with Crippen molar-refractivity contribution in [1.82, 2.24) is 4.90 Å². The van der Waals surface area contributed by atoms with Crippen molar-refractivity contribution >= 4 is 49.9 Å². The predicted octanol–water partition coefficient (Wildman–Crippen LogP) is 2.59. The van der Waals surface area contributed by atoms with Gasteiger partial charge in [0.15, 0.2) is 9.84 Å². The van der Waals surface area contributed by atoms with Crippen LogP contribution in [0.3, 0.4) is 0 Å². The van der Waals surface area contributed by atoms with Gasteiger partial charge in [-0.3, -0.25) is 4.79 Å². The van der Waals surface area contributed by atoms with Crippen LogP contribution in [0, 0.1) is 3.57 Å². The van der Waals surface area contributed by atoms with Crippen molar-refractivity contribution in [2.24, 2.45) is 0 Å². The summed E-state index contributed by atoms with van der Waals surface area (Å²) in [6.07, 6.45) is 0.514. The molecular formula is C13H15ClINO3S. The number of hydrogen-bond acceptors (Lipinski definition) is 3. The molecule has 1 aliphatic heterocycles. The number of benzene rings is 1. The zero-order valence-electron chi connectivity index (χ0n) is 11.0. The van der Waals surface area contributed by atoms with Gasteiger partial charge in [0.1, 0.15) is 0 Å². The highest BCUT2D eigenvalue weighted by molar-refractivity contribution is 14.1. The molecule has 110 valence electrons. The summed E-state index contributed by atoms with van der Waals surface area (Å²) in [6.45, 7) is 2.35. The smallest absolute Gasteiger partial charge is 0.254 e. The van der Waals surface area contributed by atoms with Crippen molar-refractivity contribution in [3.63, 3.8) is 0 Å². The van der Waals surface area contributed by atoms with Gasteiger partial charge >= 0.3 is 0 Å². The Balaban J connectivity index is 2.23. The van der Waals surface area contributed by atoms with Crippen molar-refractivity contribution in [2.75, 3.05) is 18.1 Å². The van der Waals surface area contributed by atoms with Gasteiger partial charge in [-0.2, -0.15) is 0 Å². The molecule has 0 saturated carbocycles. The van der Waals surface area contributed by atoms with Crippen LogP contribution in [-0.2, 0) is 9.84 Å². The zero-order chi connectivity index (χ0) is 14.9. The number of sulfone groups is 1. The van der Waals surface area contributed by atoms with Gasteiger partial charge < -0.3 is 4.90 Å². The van der Waals surface area contributed by atoms with Gasteiger partial charge in [-0.05, 0) is 54.1 Å². The van der Waals surface area contributed by atoms with Gasteiger partial charge in [-0.25, -0.2) is 8.42 Å². The van der Waals surface area contributed by atoms with E-state index in [1.54, 1.807) is 23.1 Å². The Morgan fingerprint density at radius 1 is 1.50 bits per heavy atom. The number of amides is 1. The van der Waals surface area contributed by atoms with E-state index in [2.05, 4.69) is 22.6 Å². The average molecular weight is 428 g/mol. The van der Waals surface area contributed by atoms with Crippen LogP contribution < -0.4 is 0 Å². The second-order valence-corrected chi connectivity index (χ2v) is 8.58. The standard InChI is InChI=1S/C13H15ClINO3S/c1-2-16(10-5-6-20(18,19)8-10)13(17)9-3-4-12(15)11(14)7-9/h3-4,7,10H,2,5-6,8H2,1H3. The molecule has 20 heavy (non-hydrogen) atoms. The molecule has 0 aliphatic carbocycles. The van der Waals surface area contributed by atoms with Gasteiger partial charge in [0, 0.05) is 21.7 Å². The molecule has 1 aliphatic rings. The van der Waals surface area contributed by atoms with Gasteiger partial charge in [0.25, 0.3) is 5.91 Å². The minimum atomic E-state index is -3.00. The molecule has 1 fully saturated rings. The zero-order valence-corrected chi connectivity index (χ0v) is 14.7. The molecule has 0 aromatic heterocycles. The molecule has 0 N–H and O–H groups in total. The molecule has 0 radical (unpaired) electrons. The summed E-state index contributed by atoms with van der Waals surface area (Å²) < 4.78 is 24.0. The number of carbonyl (C=O) groups is 1. The van der Waals surface area contributed by atoms with Crippen molar-refractivity contribution < 1.29 is 13.2 Å². The van der Waals surface area contributed by atoms with Crippen molar-refractivity contribution in [3.8, 4) is 0 Å². The van der Waals surface area contributed by atoms with E-state index in [-0.39, 0.29) is 23.5 Å². The SMILES string of the molecule is CCN(C(=O)c1ccc(I)c(Cl)c1)C1CCS(=O)(=O)C1. The number of halogens is 2. The van der Waals surface area contributed by atoms with Crippen molar-refractivity contribution in [3.05, 3.63) is 32.4 Å². The maximum absolute atomic E-state index is 12.5. The van der Waals surface area contributed by atoms with Gasteiger partial charge in [-0.1, -0.05) is 11.6 Å². The summed E-state index contributed by atoms with van der Waals surface area (Å²) in [5, 5.41) is 0.534. The molecule has 7 heteroatoms. The van der Waals surface area contributed by atoms with E-state index >= 15 is 0 Å². The largest absolute Gasteiger partial charge is 0.335 e. The van der Waals surface area contributed by atoms with E-state index in [0.29, 0.717) is 23.6 Å². The third-order valence-corrected chi connectivity index (χ3v) is 6.74. The molecule has 1 amide bonds. The minimum Gasteiger partial charge on any atom is -0.335 e. The summed E-state index contributed by atoms with van der Waals surface area (Å²) in [7, 11) is -3.00. The van der Waals surface area contributed by atoms with Crippen LogP contribution in [0.15, 0.2) is 18.2 Å². The first-order valence-electron chi connectivity index (χ1n) is 6.30. The van der Waals surface area contributed by atoms with E-state index < -0.39 is 9.84 Å². The normalized spacial score (nSPS) is 20.9. The molecule has 1 aromatic carbocycles.